The summed E-state index contributed by atoms with van der Waals surface area (Å²) in [4.78, 5) is 11.8. The van der Waals surface area contributed by atoms with E-state index in [9.17, 15) is 4.79 Å². The number of carbonyl (C=O) groups is 1. The Morgan fingerprint density at radius 1 is 1.38 bits per heavy atom. The molecule has 0 aliphatic heterocycles. The number of anilines is 1. The fourth-order valence-corrected chi connectivity index (χ4v) is 2.66. The highest BCUT2D eigenvalue weighted by molar-refractivity contribution is 7.10. The topological polar surface area (TPSA) is 92.9 Å². The number of benzene rings is 1. The molecule has 2 heterocycles. The van der Waals surface area contributed by atoms with Gasteiger partial charge in [-0.25, -0.2) is 4.79 Å². The summed E-state index contributed by atoms with van der Waals surface area (Å²) in [7, 11) is 0. The number of nitrogens with one attached hydrogen (secondary N) is 1. The highest BCUT2D eigenvalue weighted by atomic mass is 32.1. The summed E-state index contributed by atoms with van der Waals surface area (Å²) in [5, 5.41) is 24.9. The van der Waals surface area contributed by atoms with Crippen LogP contribution in [0.25, 0.3) is 5.69 Å². The van der Waals surface area contributed by atoms with Crippen molar-refractivity contribution in [3.63, 3.8) is 0 Å². The van der Waals surface area contributed by atoms with E-state index in [2.05, 4.69) is 20.8 Å². The van der Waals surface area contributed by atoms with Gasteiger partial charge in [-0.05, 0) is 28.6 Å². The molecule has 0 saturated heterocycles. The Morgan fingerprint density at radius 2 is 2.24 bits per heavy atom. The number of thiophene rings is 1. The molecule has 21 heavy (non-hydrogen) atoms. The van der Waals surface area contributed by atoms with Crippen LogP contribution in [-0.4, -0.2) is 31.3 Å². The molecule has 3 rings (SSSR count). The van der Waals surface area contributed by atoms with Crippen molar-refractivity contribution in [3.8, 4) is 5.69 Å². The number of aromatic carboxylic acids is 1. The summed E-state index contributed by atoms with van der Waals surface area (Å²) in [6.45, 7) is 0.539. The maximum absolute atomic E-state index is 10.9. The van der Waals surface area contributed by atoms with Gasteiger partial charge in [0.1, 0.15) is 6.33 Å². The number of tetrazole rings is 1. The van der Waals surface area contributed by atoms with Crippen LogP contribution in [0.4, 0.5) is 5.69 Å². The maximum Gasteiger partial charge on any atom is 0.336 e. The molecular weight excluding hydrogens is 290 g/mol. The monoisotopic (exact) mass is 301 g/mol. The van der Waals surface area contributed by atoms with E-state index in [0.717, 1.165) is 16.3 Å². The molecule has 0 aliphatic carbocycles. The number of rotatable bonds is 5. The van der Waals surface area contributed by atoms with Gasteiger partial charge in [-0.2, -0.15) is 4.68 Å². The molecule has 0 unspecified atom stereocenters. The minimum Gasteiger partial charge on any atom is -0.478 e. The lowest BCUT2D eigenvalue weighted by Gasteiger charge is -2.10. The lowest BCUT2D eigenvalue weighted by molar-refractivity contribution is 0.0697. The smallest absolute Gasteiger partial charge is 0.336 e. The molecule has 0 amide bonds. The van der Waals surface area contributed by atoms with Gasteiger partial charge in [-0.1, -0.05) is 12.1 Å². The van der Waals surface area contributed by atoms with Crippen LogP contribution in [0.5, 0.6) is 0 Å². The van der Waals surface area contributed by atoms with Crippen molar-refractivity contribution in [1.82, 2.24) is 20.2 Å². The van der Waals surface area contributed by atoms with E-state index in [4.69, 9.17) is 5.11 Å². The number of hydrogen-bond acceptors (Lipinski definition) is 6. The van der Waals surface area contributed by atoms with Crippen LogP contribution in [0, 0.1) is 0 Å². The molecule has 1 aromatic carbocycles. The number of aromatic nitrogens is 4. The molecule has 7 nitrogen and oxygen atoms in total. The van der Waals surface area contributed by atoms with Crippen LogP contribution < -0.4 is 5.32 Å². The van der Waals surface area contributed by atoms with Gasteiger partial charge in [-0.15, -0.1) is 16.4 Å². The van der Waals surface area contributed by atoms with Crippen molar-refractivity contribution in [2.24, 2.45) is 0 Å². The third kappa shape index (κ3) is 2.90. The number of nitrogens with zero attached hydrogens (tertiary/aromatic N) is 4. The zero-order valence-corrected chi connectivity index (χ0v) is 11.6. The SMILES string of the molecule is O=C(O)c1csc(CNc2ccccc2-n2cnnn2)c1. The van der Waals surface area contributed by atoms with Gasteiger partial charge in [0.25, 0.3) is 0 Å². The van der Waals surface area contributed by atoms with Crippen molar-refractivity contribution in [2.45, 2.75) is 6.54 Å². The Labute approximate surface area is 123 Å². The van der Waals surface area contributed by atoms with E-state index in [-0.39, 0.29) is 0 Å². The minimum atomic E-state index is -0.911. The summed E-state index contributed by atoms with van der Waals surface area (Å²) < 4.78 is 1.57. The first-order valence-corrected chi connectivity index (χ1v) is 6.99. The van der Waals surface area contributed by atoms with Crippen LogP contribution in [0.15, 0.2) is 42.0 Å². The number of carboxylic acids is 1. The molecule has 8 heteroatoms. The number of carboxylic acid groups (broad SMARTS) is 1. The first-order chi connectivity index (χ1) is 10.2. The van der Waals surface area contributed by atoms with Crippen LogP contribution in [0.3, 0.4) is 0 Å². The second-order valence-electron chi connectivity index (χ2n) is 4.23. The summed E-state index contributed by atoms with van der Waals surface area (Å²) in [5.74, 6) is -0.911. The number of hydrogen-bond donors (Lipinski definition) is 2. The van der Waals surface area contributed by atoms with Gasteiger partial charge in [-0.3, -0.25) is 0 Å². The molecule has 106 valence electrons. The molecule has 0 radical (unpaired) electrons. The Balaban J connectivity index is 1.77. The lowest BCUT2D eigenvalue weighted by Crippen LogP contribution is -2.04. The Kier molecular flexibility index (Phi) is 3.61. The van der Waals surface area contributed by atoms with Gasteiger partial charge < -0.3 is 10.4 Å². The van der Waals surface area contributed by atoms with E-state index < -0.39 is 5.97 Å². The van der Waals surface area contributed by atoms with Crippen molar-refractivity contribution < 1.29 is 9.90 Å². The largest absolute Gasteiger partial charge is 0.478 e. The van der Waals surface area contributed by atoms with Crippen LogP contribution >= 0.6 is 11.3 Å². The summed E-state index contributed by atoms with van der Waals surface area (Å²) in [6.07, 6.45) is 1.52. The zero-order chi connectivity index (χ0) is 14.7. The van der Waals surface area contributed by atoms with Crippen LogP contribution in [0.1, 0.15) is 15.2 Å². The quantitative estimate of drug-likeness (QED) is 0.749. The second kappa shape index (κ2) is 5.71. The minimum absolute atomic E-state index is 0.311. The average Bonchev–Trinajstić information content (AvgIpc) is 3.17. The first kappa shape index (κ1) is 13.3. The zero-order valence-electron chi connectivity index (χ0n) is 10.8. The third-order valence-electron chi connectivity index (χ3n) is 2.85. The first-order valence-electron chi connectivity index (χ1n) is 6.11. The summed E-state index contributed by atoms with van der Waals surface area (Å²) in [5.41, 5.74) is 2.01. The standard InChI is InChI=1S/C13H11N5O2S/c19-13(20)9-5-10(21-7-9)6-14-11-3-1-2-4-12(11)18-8-15-16-17-18/h1-5,7-8,14H,6H2,(H,19,20). The Hall–Kier alpha value is -2.74. The molecule has 0 bridgehead atoms. The van der Waals surface area contributed by atoms with Gasteiger partial charge in [0.15, 0.2) is 0 Å². The molecule has 0 spiro atoms. The predicted molar refractivity (Wildman–Crippen MR) is 77.8 cm³/mol. The van der Waals surface area contributed by atoms with Crippen molar-refractivity contribution in [3.05, 3.63) is 52.5 Å². The van der Waals surface area contributed by atoms with Gasteiger partial charge in [0.2, 0.25) is 0 Å². The number of para-hydroxylation sites is 2. The van der Waals surface area contributed by atoms with Crippen molar-refractivity contribution >= 4 is 23.0 Å². The molecule has 2 aromatic heterocycles. The maximum atomic E-state index is 10.9. The highest BCUT2D eigenvalue weighted by Gasteiger charge is 2.08. The molecule has 3 aromatic rings. The fourth-order valence-electron chi connectivity index (χ4n) is 1.86. The second-order valence-corrected chi connectivity index (χ2v) is 5.23. The molecule has 0 aliphatic rings. The molecule has 0 fully saturated rings. The predicted octanol–water partition coefficient (Wildman–Crippen LogP) is 2.03. The van der Waals surface area contributed by atoms with E-state index in [1.165, 1.54) is 17.7 Å². The van der Waals surface area contributed by atoms with Gasteiger partial charge in [0.05, 0.1) is 16.9 Å². The molecule has 2 N–H and O–H groups in total. The Bertz CT molecular complexity index is 754. The summed E-state index contributed by atoms with van der Waals surface area (Å²) >= 11 is 1.41. The summed E-state index contributed by atoms with van der Waals surface area (Å²) in [6, 6.07) is 9.29. The van der Waals surface area contributed by atoms with E-state index >= 15 is 0 Å². The average molecular weight is 301 g/mol. The van der Waals surface area contributed by atoms with Crippen LogP contribution in [0.2, 0.25) is 0 Å². The molecule has 0 saturated carbocycles. The van der Waals surface area contributed by atoms with Gasteiger partial charge in [0, 0.05) is 16.8 Å². The normalized spacial score (nSPS) is 10.5. The van der Waals surface area contributed by atoms with E-state index in [1.54, 1.807) is 16.1 Å². The van der Waals surface area contributed by atoms with Crippen LogP contribution in [-0.2, 0) is 6.54 Å². The fraction of sp³-hybridized carbons (Fsp3) is 0.0769. The van der Waals surface area contributed by atoms with Crippen molar-refractivity contribution in [1.29, 1.82) is 0 Å². The van der Waals surface area contributed by atoms with Crippen molar-refractivity contribution in [2.75, 3.05) is 5.32 Å². The lowest BCUT2D eigenvalue weighted by atomic mass is 10.2. The van der Waals surface area contributed by atoms with E-state index in [0.29, 0.717) is 12.1 Å². The van der Waals surface area contributed by atoms with Gasteiger partial charge >= 0.3 is 5.97 Å². The Morgan fingerprint density at radius 3 is 2.95 bits per heavy atom. The third-order valence-corrected chi connectivity index (χ3v) is 3.79. The molecular formula is C13H11N5O2S. The molecule has 0 atom stereocenters. The van der Waals surface area contributed by atoms with E-state index in [1.807, 2.05) is 24.3 Å². The highest BCUT2D eigenvalue weighted by Crippen LogP contribution is 2.21.